The average Bonchev–Trinajstić information content (AvgIpc) is 1.97. The van der Waals surface area contributed by atoms with Gasteiger partial charge in [0, 0.05) is 0 Å². The Labute approximate surface area is 88.3 Å². The van der Waals surface area contributed by atoms with Crippen LogP contribution in [0.15, 0.2) is 0 Å². The monoisotopic (exact) mass is 220 g/mol. The van der Waals surface area contributed by atoms with E-state index in [1.54, 1.807) is 21.1 Å². The van der Waals surface area contributed by atoms with E-state index in [4.69, 9.17) is 10.2 Å². The number of quaternary nitrogens is 1. The molecule has 0 fully saturated rings. The maximum absolute atomic E-state index is 11.3. The van der Waals surface area contributed by atoms with Crippen LogP contribution in [-0.2, 0) is 9.59 Å². The SMILES string of the molecule is C[N+](C)(C)CC(O)(CC(=O)O)C(=O)CO. The minimum atomic E-state index is -2.00. The van der Waals surface area contributed by atoms with Gasteiger partial charge in [-0.1, -0.05) is 0 Å². The van der Waals surface area contributed by atoms with E-state index >= 15 is 0 Å². The quantitative estimate of drug-likeness (QED) is 0.472. The van der Waals surface area contributed by atoms with Crippen molar-refractivity contribution in [3.05, 3.63) is 0 Å². The topological polar surface area (TPSA) is 94.8 Å². The molecule has 0 heterocycles. The number of carbonyl (C=O) groups excluding carboxylic acids is 1. The molecular formula is C9H18NO5+. The number of aliphatic hydroxyl groups is 2. The average molecular weight is 220 g/mol. The van der Waals surface area contributed by atoms with E-state index < -0.39 is 30.4 Å². The van der Waals surface area contributed by atoms with Gasteiger partial charge in [0.15, 0.2) is 11.4 Å². The van der Waals surface area contributed by atoms with Crippen LogP contribution in [0.2, 0.25) is 0 Å². The van der Waals surface area contributed by atoms with Crippen LogP contribution in [0.3, 0.4) is 0 Å². The summed E-state index contributed by atoms with van der Waals surface area (Å²) < 4.78 is 0.232. The van der Waals surface area contributed by atoms with Crippen LogP contribution in [-0.4, -0.2) is 71.5 Å². The zero-order valence-electron chi connectivity index (χ0n) is 9.23. The number of nitrogens with zero attached hydrogens (tertiary/aromatic N) is 1. The molecule has 0 aromatic heterocycles. The molecule has 3 N–H and O–H groups in total. The summed E-state index contributed by atoms with van der Waals surface area (Å²) in [6, 6.07) is 0. The van der Waals surface area contributed by atoms with Crippen molar-refractivity contribution in [3.63, 3.8) is 0 Å². The van der Waals surface area contributed by atoms with Gasteiger partial charge in [-0.25, -0.2) is 0 Å². The van der Waals surface area contributed by atoms with Crippen LogP contribution >= 0.6 is 0 Å². The zero-order chi connectivity index (χ0) is 12.3. The molecule has 0 rings (SSSR count). The number of carbonyl (C=O) groups is 2. The highest BCUT2D eigenvalue weighted by Gasteiger charge is 2.42. The third-order valence-electron chi connectivity index (χ3n) is 1.84. The van der Waals surface area contributed by atoms with Gasteiger partial charge in [0.05, 0.1) is 27.6 Å². The molecule has 1 atom stereocenters. The predicted octanol–water partition coefficient (Wildman–Crippen LogP) is -1.54. The Hall–Kier alpha value is -0.980. The standard InChI is InChI=1S/C9H17NO5/c1-10(2,3)6-9(15,4-8(13)14)7(12)5-11/h11,15H,4-6H2,1-3H3/p+1. The van der Waals surface area contributed by atoms with E-state index in [-0.39, 0.29) is 11.0 Å². The summed E-state index contributed by atoms with van der Waals surface area (Å²) in [5.41, 5.74) is -2.00. The van der Waals surface area contributed by atoms with Crippen LogP contribution in [0, 0.1) is 0 Å². The van der Waals surface area contributed by atoms with Gasteiger partial charge in [-0.2, -0.15) is 0 Å². The minimum absolute atomic E-state index is 0.0569. The van der Waals surface area contributed by atoms with Crippen molar-refractivity contribution in [2.45, 2.75) is 12.0 Å². The second-order valence-corrected chi connectivity index (χ2v) is 4.63. The molecule has 6 heteroatoms. The Morgan fingerprint density at radius 1 is 1.27 bits per heavy atom. The number of aliphatic carboxylic acids is 1. The molecule has 0 saturated carbocycles. The van der Waals surface area contributed by atoms with E-state index in [2.05, 4.69) is 0 Å². The molecule has 15 heavy (non-hydrogen) atoms. The lowest BCUT2D eigenvalue weighted by Crippen LogP contribution is -2.55. The molecule has 0 aromatic rings. The molecule has 0 aromatic carbocycles. The van der Waals surface area contributed by atoms with Gasteiger partial charge in [0.2, 0.25) is 0 Å². The first-order valence-corrected chi connectivity index (χ1v) is 4.49. The summed E-state index contributed by atoms with van der Waals surface area (Å²) in [6.07, 6.45) is -0.693. The molecular weight excluding hydrogens is 202 g/mol. The Bertz CT molecular complexity index is 258. The van der Waals surface area contributed by atoms with Gasteiger partial charge in [-0.15, -0.1) is 0 Å². The van der Waals surface area contributed by atoms with Crippen LogP contribution in [0.1, 0.15) is 6.42 Å². The van der Waals surface area contributed by atoms with Gasteiger partial charge in [-0.05, 0) is 0 Å². The molecule has 0 spiro atoms. The molecule has 0 amide bonds. The summed E-state index contributed by atoms with van der Waals surface area (Å²) >= 11 is 0. The second-order valence-electron chi connectivity index (χ2n) is 4.63. The van der Waals surface area contributed by atoms with Crippen LogP contribution in [0.4, 0.5) is 0 Å². The molecule has 88 valence electrons. The summed E-state index contributed by atoms with van der Waals surface area (Å²) in [4.78, 5) is 21.8. The molecule has 6 nitrogen and oxygen atoms in total. The van der Waals surface area contributed by atoms with Crippen molar-refractivity contribution in [1.29, 1.82) is 0 Å². The third-order valence-corrected chi connectivity index (χ3v) is 1.84. The highest BCUT2D eigenvalue weighted by molar-refractivity contribution is 5.91. The van der Waals surface area contributed by atoms with Crippen molar-refractivity contribution in [3.8, 4) is 0 Å². The number of hydrogen-bond acceptors (Lipinski definition) is 4. The van der Waals surface area contributed by atoms with Crippen LogP contribution < -0.4 is 0 Å². The van der Waals surface area contributed by atoms with Crippen molar-refractivity contribution < 1.29 is 29.4 Å². The maximum Gasteiger partial charge on any atom is 0.306 e. The number of carboxylic acid groups (broad SMARTS) is 1. The number of Topliss-reactive ketones (excluding diaryl/α,β-unsaturated/α-hetero) is 1. The summed E-state index contributed by atoms with van der Waals surface area (Å²) in [6.45, 7) is -0.914. The lowest BCUT2D eigenvalue weighted by Gasteiger charge is -2.33. The zero-order valence-corrected chi connectivity index (χ0v) is 9.23. The minimum Gasteiger partial charge on any atom is -0.481 e. The van der Waals surface area contributed by atoms with Gasteiger partial charge < -0.3 is 19.8 Å². The van der Waals surface area contributed by atoms with E-state index in [1.165, 1.54) is 0 Å². The van der Waals surface area contributed by atoms with Gasteiger partial charge in [0.1, 0.15) is 13.2 Å². The van der Waals surface area contributed by atoms with Crippen molar-refractivity contribution in [1.82, 2.24) is 0 Å². The predicted molar refractivity (Wildman–Crippen MR) is 52.2 cm³/mol. The fourth-order valence-electron chi connectivity index (χ4n) is 1.42. The normalized spacial score (nSPS) is 15.8. The lowest BCUT2D eigenvalue weighted by atomic mass is 9.93. The third kappa shape index (κ3) is 4.87. The summed E-state index contributed by atoms with van der Waals surface area (Å²) in [7, 11) is 5.16. The number of hydrogen-bond donors (Lipinski definition) is 3. The summed E-state index contributed by atoms with van der Waals surface area (Å²) in [5.74, 6) is -2.13. The molecule has 0 aliphatic rings. The molecule has 0 bridgehead atoms. The van der Waals surface area contributed by atoms with E-state index in [9.17, 15) is 14.7 Å². The lowest BCUT2D eigenvalue weighted by molar-refractivity contribution is -0.875. The first-order valence-electron chi connectivity index (χ1n) is 4.49. The van der Waals surface area contributed by atoms with E-state index in [0.717, 1.165) is 0 Å². The van der Waals surface area contributed by atoms with E-state index in [0.29, 0.717) is 0 Å². The van der Waals surface area contributed by atoms with Crippen LogP contribution in [0.5, 0.6) is 0 Å². The molecule has 0 aliphatic carbocycles. The fraction of sp³-hybridized carbons (Fsp3) is 0.778. The van der Waals surface area contributed by atoms with Crippen molar-refractivity contribution in [2.75, 3.05) is 34.3 Å². The first-order chi connectivity index (χ1) is 6.60. The Kier molecular flexibility index (Phi) is 4.39. The van der Waals surface area contributed by atoms with Gasteiger partial charge in [0.25, 0.3) is 0 Å². The van der Waals surface area contributed by atoms with Crippen molar-refractivity contribution in [2.24, 2.45) is 0 Å². The fourth-order valence-corrected chi connectivity index (χ4v) is 1.42. The van der Waals surface area contributed by atoms with Gasteiger partial charge in [-0.3, -0.25) is 9.59 Å². The number of aliphatic hydroxyl groups excluding tert-OH is 1. The molecule has 0 aliphatic heterocycles. The number of ketones is 1. The smallest absolute Gasteiger partial charge is 0.306 e. The largest absolute Gasteiger partial charge is 0.481 e. The highest BCUT2D eigenvalue weighted by atomic mass is 16.4. The number of likely N-dealkylation sites (N-methyl/N-ethyl adjacent to an activating group) is 1. The van der Waals surface area contributed by atoms with Gasteiger partial charge >= 0.3 is 5.97 Å². The summed E-state index contributed by atoms with van der Waals surface area (Å²) in [5, 5.41) is 27.1. The highest BCUT2D eigenvalue weighted by Crippen LogP contribution is 2.15. The van der Waals surface area contributed by atoms with Crippen molar-refractivity contribution >= 4 is 11.8 Å². The molecule has 0 radical (unpaired) electrons. The molecule has 1 unspecified atom stereocenters. The second kappa shape index (κ2) is 4.69. The Morgan fingerprint density at radius 3 is 2.00 bits per heavy atom. The number of rotatable bonds is 6. The molecule has 0 saturated heterocycles. The van der Waals surface area contributed by atoms with Crippen LogP contribution in [0.25, 0.3) is 0 Å². The Morgan fingerprint density at radius 2 is 1.73 bits per heavy atom. The first kappa shape index (κ1) is 14.0. The number of carboxylic acids is 1. The Balaban J connectivity index is 4.86. The maximum atomic E-state index is 11.3. The van der Waals surface area contributed by atoms with E-state index in [1.807, 2.05) is 0 Å².